The number of carbonyl (C=O) groups is 2. The minimum Gasteiger partial charge on any atom is -0.488 e. The number of rotatable bonds is 7. The van der Waals surface area contributed by atoms with E-state index in [4.69, 9.17) is 16.3 Å². The predicted octanol–water partition coefficient (Wildman–Crippen LogP) is 5.06. The summed E-state index contributed by atoms with van der Waals surface area (Å²) in [7, 11) is 0. The standard InChI is InChI=1S/C24H21ClN2O3/c25-18-10-8-16(9-11-18)15-30-22-7-2-1-6-21(22)24(29)27-20-5-3-4-17(14-20)23(28)26-19-12-13-19/h1-11,14,19H,12-13,15H2,(H,26,28)(H,27,29). The molecule has 1 fully saturated rings. The van der Waals surface area contributed by atoms with Crippen LogP contribution in [0.5, 0.6) is 5.75 Å². The molecule has 1 aliphatic rings. The van der Waals surface area contributed by atoms with Crippen LogP contribution in [-0.4, -0.2) is 17.9 Å². The smallest absolute Gasteiger partial charge is 0.259 e. The molecule has 2 N–H and O–H groups in total. The lowest BCUT2D eigenvalue weighted by Crippen LogP contribution is -2.25. The van der Waals surface area contributed by atoms with E-state index in [9.17, 15) is 9.59 Å². The maximum Gasteiger partial charge on any atom is 0.259 e. The lowest BCUT2D eigenvalue weighted by Gasteiger charge is -2.12. The van der Waals surface area contributed by atoms with Gasteiger partial charge in [0, 0.05) is 22.3 Å². The maximum absolute atomic E-state index is 12.9. The van der Waals surface area contributed by atoms with Gasteiger partial charge in [-0.05, 0) is 60.9 Å². The number of halogens is 1. The lowest BCUT2D eigenvalue weighted by molar-refractivity contribution is 0.0949. The van der Waals surface area contributed by atoms with E-state index in [2.05, 4.69) is 10.6 Å². The average molecular weight is 421 g/mol. The summed E-state index contributed by atoms with van der Waals surface area (Å²) < 4.78 is 5.87. The summed E-state index contributed by atoms with van der Waals surface area (Å²) in [6.45, 7) is 0.318. The highest BCUT2D eigenvalue weighted by atomic mass is 35.5. The van der Waals surface area contributed by atoms with Gasteiger partial charge in [0.15, 0.2) is 0 Å². The average Bonchev–Trinajstić information content (AvgIpc) is 3.58. The van der Waals surface area contributed by atoms with Gasteiger partial charge in [-0.2, -0.15) is 0 Å². The highest BCUT2D eigenvalue weighted by molar-refractivity contribution is 6.30. The zero-order valence-electron chi connectivity index (χ0n) is 16.2. The molecule has 152 valence electrons. The van der Waals surface area contributed by atoms with E-state index < -0.39 is 0 Å². The summed E-state index contributed by atoms with van der Waals surface area (Å²) in [6.07, 6.45) is 2.05. The highest BCUT2D eigenvalue weighted by Gasteiger charge is 2.24. The third-order valence-corrected chi connectivity index (χ3v) is 4.99. The molecule has 30 heavy (non-hydrogen) atoms. The van der Waals surface area contributed by atoms with E-state index in [0.29, 0.717) is 34.2 Å². The number of benzene rings is 3. The molecule has 0 aliphatic heterocycles. The Morgan fingerprint density at radius 2 is 1.70 bits per heavy atom. The number of para-hydroxylation sites is 1. The van der Waals surface area contributed by atoms with Crippen molar-refractivity contribution in [3.8, 4) is 5.75 Å². The van der Waals surface area contributed by atoms with Crippen LogP contribution in [0.4, 0.5) is 5.69 Å². The zero-order valence-corrected chi connectivity index (χ0v) is 17.0. The first-order chi connectivity index (χ1) is 14.6. The molecule has 0 radical (unpaired) electrons. The molecular weight excluding hydrogens is 400 g/mol. The van der Waals surface area contributed by atoms with Crippen LogP contribution in [0.25, 0.3) is 0 Å². The number of amides is 2. The van der Waals surface area contributed by atoms with E-state index >= 15 is 0 Å². The third kappa shape index (κ3) is 5.19. The fourth-order valence-electron chi connectivity index (χ4n) is 2.95. The van der Waals surface area contributed by atoms with Gasteiger partial charge in [0.05, 0.1) is 5.56 Å². The first kappa shape index (κ1) is 20.0. The summed E-state index contributed by atoms with van der Waals surface area (Å²) in [6, 6.07) is 21.6. The second kappa shape index (κ2) is 9.01. The van der Waals surface area contributed by atoms with Crippen LogP contribution in [0.2, 0.25) is 5.02 Å². The van der Waals surface area contributed by atoms with E-state index in [-0.39, 0.29) is 17.9 Å². The molecule has 0 spiro atoms. The van der Waals surface area contributed by atoms with Gasteiger partial charge in [0.25, 0.3) is 11.8 Å². The van der Waals surface area contributed by atoms with Gasteiger partial charge in [-0.3, -0.25) is 9.59 Å². The Labute approximate surface area is 180 Å². The Kier molecular flexibility index (Phi) is 6.00. The van der Waals surface area contributed by atoms with Crippen molar-refractivity contribution >= 4 is 29.1 Å². The van der Waals surface area contributed by atoms with Crippen molar-refractivity contribution in [2.75, 3.05) is 5.32 Å². The van der Waals surface area contributed by atoms with Crippen molar-refractivity contribution in [1.82, 2.24) is 5.32 Å². The maximum atomic E-state index is 12.9. The van der Waals surface area contributed by atoms with Gasteiger partial charge in [-0.1, -0.05) is 41.9 Å². The second-order valence-corrected chi connectivity index (χ2v) is 7.63. The van der Waals surface area contributed by atoms with Crippen LogP contribution in [0, 0.1) is 0 Å². The van der Waals surface area contributed by atoms with Crippen LogP contribution in [-0.2, 0) is 6.61 Å². The van der Waals surface area contributed by atoms with Crippen molar-refractivity contribution < 1.29 is 14.3 Å². The second-order valence-electron chi connectivity index (χ2n) is 7.19. The number of nitrogens with one attached hydrogen (secondary N) is 2. The van der Waals surface area contributed by atoms with E-state index in [1.807, 2.05) is 18.2 Å². The Hall–Kier alpha value is -3.31. The number of hydrogen-bond donors (Lipinski definition) is 2. The van der Waals surface area contributed by atoms with Crippen LogP contribution in [0.3, 0.4) is 0 Å². The topological polar surface area (TPSA) is 67.4 Å². The van der Waals surface area contributed by atoms with Gasteiger partial charge in [0.2, 0.25) is 0 Å². The van der Waals surface area contributed by atoms with Gasteiger partial charge in [-0.25, -0.2) is 0 Å². The molecule has 2 amide bonds. The molecular formula is C24H21ClN2O3. The molecule has 6 heteroatoms. The lowest BCUT2D eigenvalue weighted by atomic mass is 10.1. The number of carbonyl (C=O) groups excluding carboxylic acids is 2. The summed E-state index contributed by atoms with van der Waals surface area (Å²) in [5.74, 6) is 0.0503. The Morgan fingerprint density at radius 1 is 0.933 bits per heavy atom. The summed E-state index contributed by atoms with van der Waals surface area (Å²) in [5, 5.41) is 6.46. The van der Waals surface area contributed by atoms with Crippen molar-refractivity contribution in [3.63, 3.8) is 0 Å². The van der Waals surface area contributed by atoms with Gasteiger partial charge >= 0.3 is 0 Å². The van der Waals surface area contributed by atoms with Gasteiger partial charge in [-0.15, -0.1) is 0 Å². The molecule has 0 aromatic heterocycles. The molecule has 0 heterocycles. The molecule has 0 unspecified atom stereocenters. The summed E-state index contributed by atoms with van der Waals surface area (Å²) in [5.41, 5.74) is 2.44. The Morgan fingerprint density at radius 3 is 2.47 bits per heavy atom. The monoisotopic (exact) mass is 420 g/mol. The van der Waals surface area contributed by atoms with Gasteiger partial charge < -0.3 is 15.4 Å². The number of anilines is 1. The molecule has 5 nitrogen and oxygen atoms in total. The fraction of sp³-hybridized carbons (Fsp3) is 0.167. The van der Waals surface area contributed by atoms with Crippen LogP contribution in [0.15, 0.2) is 72.8 Å². The van der Waals surface area contributed by atoms with Crippen molar-refractivity contribution in [1.29, 1.82) is 0 Å². The Balaban J connectivity index is 1.44. The number of ether oxygens (including phenoxy) is 1. The quantitative estimate of drug-likeness (QED) is 0.561. The fourth-order valence-corrected chi connectivity index (χ4v) is 3.08. The minimum absolute atomic E-state index is 0.125. The molecule has 0 bridgehead atoms. The first-order valence-electron chi connectivity index (χ1n) is 9.77. The molecule has 1 saturated carbocycles. The van der Waals surface area contributed by atoms with Crippen molar-refractivity contribution in [3.05, 3.63) is 94.5 Å². The molecule has 0 saturated heterocycles. The van der Waals surface area contributed by atoms with E-state index in [0.717, 1.165) is 18.4 Å². The van der Waals surface area contributed by atoms with Crippen LogP contribution in [0.1, 0.15) is 39.1 Å². The summed E-state index contributed by atoms with van der Waals surface area (Å²) in [4.78, 5) is 25.1. The molecule has 1 aliphatic carbocycles. The van der Waals surface area contributed by atoms with E-state index in [1.54, 1.807) is 54.6 Å². The van der Waals surface area contributed by atoms with Crippen LogP contribution >= 0.6 is 11.6 Å². The van der Waals surface area contributed by atoms with Crippen molar-refractivity contribution in [2.45, 2.75) is 25.5 Å². The minimum atomic E-state index is -0.304. The predicted molar refractivity (Wildman–Crippen MR) is 117 cm³/mol. The number of hydrogen-bond acceptors (Lipinski definition) is 3. The highest BCUT2D eigenvalue weighted by Crippen LogP contribution is 2.23. The van der Waals surface area contributed by atoms with Gasteiger partial charge in [0.1, 0.15) is 12.4 Å². The van der Waals surface area contributed by atoms with Crippen molar-refractivity contribution in [2.24, 2.45) is 0 Å². The Bertz CT molecular complexity index is 1060. The SMILES string of the molecule is O=C(NC1CC1)c1cccc(NC(=O)c2ccccc2OCc2ccc(Cl)cc2)c1. The largest absolute Gasteiger partial charge is 0.488 e. The zero-order chi connectivity index (χ0) is 20.9. The molecule has 0 atom stereocenters. The summed E-state index contributed by atoms with van der Waals surface area (Å²) >= 11 is 5.91. The third-order valence-electron chi connectivity index (χ3n) is 4.73. The normalized spacial score (nSPS) is 12.8. The van der Waals surface area contributed by atoms with E-state index in [1.165, 1.54) is 0 Å². The first-order valence-corrected chi connectivity index (χ1v) is 10.1. The molecule has 4 rings (SSSR count). The molecule has 3 aromatic rings. The van der Waals surface area contributed by atoms with Crippen LogP contribution < -0.4 is 15.4 Å². The molecule has 3 aromatic carbocycles.